The Morgan fingerprint density at radius 2 is 1.67 bits per heavy atom. The predicted octanol–water partition coefficient (Wildman–Crippen LogP) is 4.65. The fraction of sp³-hybridized carbons (Fsp3) is 0.263. The third-order valence-electron chi connectivity index (χ3n) is 3.68. The van der Waals surface area contributed by atoms with Crippen LogP contribution in [0.5, 0.6) is 0 Å². The van der Waals surface area contributed by atoms with E-state index in [0.717, 1.165) is 12.1 Å². The Morgan fingerprint density at radius 1 is 0.958 bits per heavy atom. The molecule has 5 heteroatoms. The Hall–Kier alpha value is -2.43. The molecule has 0 aromatic heterocycles. The van der Waals surface area contributed by atoms with Crippen LogP contribution in [0.1, 0.15) is 40.4 Å². The van der Waals surface area contributed by atoms with Crippen LogP contribution in [0.2, 0.25) is 0 Å². The number of halogens is 3. The van der Waals surface area contributed by atoms with Gasteiger partial charge in [0.2, 0.25) is 0 Å². The average Bonchev–Trinajstić information content (AvgIpc) is 2.54. The number of ketones is 2. The SMILES string of the molecule is CCC(=O)c1ccccc1CC(=O)Cc1cccc(C(F)(F)F)c1. The molecule has 0 bridgehead atoms. The number of hydrogen-bond donors (Lipinski definition) is 0. The van der Waals surface area contributed by atoms with Crippen LogP contribution in [-0.2, 0) is 23.8 Å². The lowest BCUT2D eigenvalue weighted by atomic mass is 9.95. The molecule has 0 saturated heterocycles. The Bertz CT molecular complexity index is 748. The van der Waals surface area contributed by atoms with E-state index in [2.05, 4.69) is 0 Å². The maximum Gasteiger partial charge on any atom is 0.416 e. The summed E-state index contributed by atoms with van der Waals surface area (Å²) in [5, 5.41) is 0. The minimum atomic E-state index is -4.43. The average molecular weight is 334 g/mol. The van der Waals surface area contributed by atoms with Gasteiger partial charge < -0.3 is 0 Å². The fourth-order valence-corrected chi connectivity index (χ4v) is 2.50. The van der Waals surface area contributed by atoms with Gasteiger partial charge in [0.05, 0.1) is 5.56 Å². The van der Waals surface area contributed by atoms with Gasteiger partial charge in [0, 0.05) is 24.8 Å². The molecule has 2 rings (SSSR count). The van der Waals surface area contributed by atoms with Crippen molar-refractivity contribution in [2.75, 3.05) is 0 Å². The molecule has 0 aliphatic carbocycles. The second-order valence-electron chi connectivity index (χ2n) is 5.52. The molecule has 2 aromatic carbocycles. The minimum absolute atomic E-state index is 0.0260. The van der Waals surface area contributed by atoms with E-state index in [0.29, 0.717) is 23.1 Å². The minimum Gasteiger partial charge on any atom is -0.299 e. The van der Waals surface area contributed by atoms with Crippen molar-refractivity contribution in [1.29, 1.82) is 0 Å². The highest BCUT2D eigenvalue weighted by Gasteiger charge is 2.30. The Kier molecular flexibility index (Phi) is 5.54. The van der Waals surface area contributed by atoms with Crippen LogP contribution in [0, 0.1) is 0 Å². The third kappa shape index (κ3) is 4.54. The van der Waals surface area contributed by atoms with E-state index in [1.165, 1.54) is 12.1 Å². The quantitative estimate of drug-likeness (QED) is 0.721. The summed E-state index contributed by atoms with van der Waals surface area (Å²) in [6.45, 7) is 1.74. The number of carbonyl (C=O) groups excluding carboxylic acids is 2. The van der Waals surface area contributed by atoms with Gasteiger partial charge >= 0.3 is 6.18 Å². The molecule has 0 saturated carbocycles. The van der Waals surface area contributed by atoms with Gasteiger partial charge in [-0.1, -0.05) is 49.4 Å². The number of rotatable bonds is 6. The zero-order chi connectivity index (χ0) is 17.7. The molecule has 0 aliphatic rings. The summed E-state index contributed by atoms with van der Waals surface area (Å²) in [6.07, 6.45) is -4.17. The predicted molar refractivity (Wildman–Crippen MR) is 84.9 cm³/mol. The van der Waals surface area contributed by atoms with Crippen molar-refractivity contribution in [3.63, 3.8) is 0 Å². The second kappa shape index (κ2) is 7.43. The van der Waals surface area contributed by atoms with Crippen LogP contribution in [-0.4, -0.2) is 11.6 Å². The summed E-state index contributed by atoms with van der Waals surface area (Å²) in [4.78, 5) is 24.1. The highest BCUT2D eigenvalue weighted by molar-refractivity contribution is 5.98. The van der Waals surface area contributed by atoms with E-state index in [1.807, 2.05) is 0 Å². The van der Waals surface area contributed by atoms with Crippen molar-refractivity contribution in [3.05, 3.63) is 70.8 Å². The lowest BCUT2D eigenvalue weighted by Gasteiger charge is -2.09. The molecular weight excluding hydrogens is 317 g/mol. The third-order valence-corrected chi connectivity index (χ3v) is 3.68. The normalized spacial score (nSPS) is 11.3. The van der Waals surface area contributed by atoms with Gasteiger partial charge in [-0.3, -0.25) is 9.59 Å². The van der Waals surface area contributed by atoms with Crippen LogP contribution in [0.4, 0.5) is 13.2 Å². The first-order valence-corrected chi connectivity index (χ1v) is 7.60. The molecule has 0 spiro atoms. The maximum atomic E-state index is 12.7. The van der Waals surface area contributed by atoms with Crippen molar-refractivity contribution in [1.82, 2.24) is 0 Å². The van der Waals surface area contributed by atoms with Gasteiger partial charge in [-0.25, -0.2) is 0 Å². The van der Waals surface area contributed by atoms with Crippen LogP contribution in [0.3, 0.4) is 0 Å². The summed E-state index contributed by atoms with van der Waals surface area (Å²) < 4.78 is 38.1. The molecule has 0 N–H and O–H groups in total. The maximum absolute atomic E-state index is 12.7. The Morgan fingerprint density at radius 3 is 2.33 bits per heavy atom. The molecule has 0 heterocycles. The first kappa shape index (κ1) is 17.9. The summed E-state index contributed by atoms with van der Waals surface area (Å²) in [5.41, 5.74) is 0.655. The highest BCUT2D eigenvalue weighted by atomic mass is 19.4. The topological polar surface area (TPSA) is 34.1 Å². The van der Waals surface area contributed by atoms with Crippen LogP contribution in [0.25, 0.3) is 0 Å². The standard InChI is InChI=1S/C19H17F3O2/c1-2-18(24)17-9-4-3-7-14(17)12-16(23)11-13-6-5-8-15(10-13)19(20,21)22/h3-10H,2,11-12H2,1H3. The summed E-state index contributed by atoms with van der Waals surface area (Å²) in [6, 6.07) is 11.6. The van der Waals surface area contributed by atoms with Crippen molar-refractivity contribution in [3.8, 4) is 0 Å². The molecule has 0 radical (unpaired) electrons. The fourth-order valence-electron chi connectivity index (χ4n) is 2.50. The molecule has 0 atom stereocenters. The van der Waals surface area contributed by atoms with E-state index >= 15 is 0 Å². The van der Waals surface area contributed by atoms with Crippen molar-refractivity contribution < 1.29 is 22.8 Å². The second-order valence-corrected chi connectivity index (χ2v) is 5.52. The van der Waals surface area contributed by atoms with E-state index in [-0.39, 0.29) is 24.4 Å². The lowest BCUT2D eigenvalue weighted by Crippen LogP contribution is -2.11. The zero-order valence-corrected chi connectivity index (χ0v) is 13.2. The van der Waals surface area contributed by atoms with Crippen LogP contribution >= 0.6 is 0 Å². The molecule has 24 heavy (non-hydrogen) atoms. The number of alkyl halides is 3. The molecule has 2 aromatic rings. The monoisotopic (exact) mass is 334 g/mol. The first-order chi connectivity index (χ1) is 11.3. The number of carbonyl (C=O) groups is 2. The van der Waals surface area contributed by atoms with Crippen LogP contribution < -0.4 is 0 Å². The highest BCUT2D eigenvalue weighted by Crippen LogP contribution is 2.29. The molecule has 0 aliphatic heterocycles. The van der Waals surface area contributed by atoms with Gasteiger partial charge in [-0.15, -0.1) is 0 Å². The molecule has 126 valence electrons. The van der Waals surface area contributed by atoms with E-state index in [9.17, 15) is 22.8 Å². The molecule has 0 fully saturated rings. The van der Waals surface area contributed by atoms with Gasteiger partial charge in [0.1, 0.15) is 5.78 Å². The van der Waals surface area contributed by atoms with E-state index in [4.69, 9.17) is 0 Å². The first-order valence-electron chi connectivity index (χ1n) is 7.60. The number of Topliss-reactive ketones (excluding diaryl/α,β-unsaturated/α-hetero) is 2. The van der Waals surface area contributed by atoms with Crippen LogP contribution in [0.15, 0.2) is 48.5 Å². The van der Waals surface area contributed by atoms with E-state index < -0.39 is 11.7 Å². The Balaban J connectivity index is 2.14. The summed E-state index contributed by atoms with van der Waals surface area (Å²) in [5.74, 6) is -0.289. The molecule has 0 unspecified atom stereocenters. The molecule has 2 nitrogen and oxygen atoms in total. The number of benzene rings is 2. The van der Waals surface area contributed by atoms with Gasteiger partial charge in [0.25, 0.3) is 0 Å². The smallest absolute Gasteiger partial charge is 0.299 e. The molecular formula is C19H17F3O2. The van der Waals surface area contributed by atoms with Gasteiger partial charge in [-0.05, 0) is 17.2 Å². The van der Waals surface area contributed by atoms with Crippen molar-refractivity contribution in [2.24, 2.45) is 0 Å². The Labute approximate surface area is 138 Å². The summed E-state index contributed by atoms with van der Waals surface area (Å²) in [7, 11) is 0. The van der Waals surface area contributed by atoms with Crippen molar-refractivity contribution >= 4 is 11.6 Å². The zero-order valence-electron chi connectivity index (χ0n) is 13.2. The van der Waals surface area contributed by atoms with Gasteiger partial charge in [-0.2, -0.15) is 13.2 Å². The summed E-state index contributed by atoms with van der Waals surface area (Å²) >= 11 is 0. The lowest BCUT2D eigenvalue weighted by molar-refractivity contribution is -0.137. The van der Waals surface area contributed by atoms with E-state index in [1.54, 1.807) is 31.2 Å². The van der Waals surface area contributed by atoms with Crippen molar-refractivity contribution in [2.45, 2.75) is 32.4 Å². The largest absolute Gasteiger partial charge is 0.416 e. The molecule has 0 amide bonds. The number of hydrogen-bond acceptors (Lipinski definition) is 2. The van der Waals surface area contributed by atoms with Gasteiger partial charge in [0.15, 0.2) is 5.78 Å².